The summed E-state index contributed by atoms with van der Waals surface area (Å²) in [5.74, 6) is -0.473. The fourth-order valence-electron chi connectivity index (χ4n) is 1.61. The van der Waals surface area contributed by atoms with Gasteiger partial charge in [-0.25, -0.2) is 4.39 Å². The van der Waals surface area contributed by atoms with Crippen LogP contribution in [0.1, 0.15) is 31.7 Å². The van der Waals surface area contributed by atoms with Gasteiger partial charge in [0, 0.05) is 24.5 Å². The third-order valence-electron chi connectivity index (χ3n) is 2.44. The van der Waals surface area contributed by atoms with E-state index in [1.807, 2.05) is 6.92 Å². The van der Waals surface area contributed by atoms with E-state index in [0.29, 0.717) is 6.42 Å². The summed E-state index contributed by atoms with van der Waals surface area (Å²) >= 11 is 0. The number of aryl methyl sites for hydroxylation is 1. The van der Waals surface area contributed by atoms with E-state index in [0.717, 1.165) is 24.6 Å². The number of halogens is 1. The molecule has 0 aliphatic carbocycles. The van der Waals surface area contributed by atoms with Crippen LogP contribution in [0.2, 0.25) is 0 Å². The summed E-state index contributed by atoms with van der Waals surface area (Å²) in [5.41, 5.74) is 0.148. The standard InChI is InChI=1S/C12H14FNO3/c1-2-3-11(15)6-4-9-8-10(13)5-7-12(9)14(16)17/h5,7-8H,2-4,6H2,1H3. The Morgan fingerprint density at radius 1 is 1.41 bits per heavy atom. The van der Waals surface area contributed by atoms with Gasteiger partial charge in [0.15, 0.2) is 0 Å². The second-order valence-electron chi connectivity index (χ2n) is 3.82. The maximum absolute atomic E-state index is 13.0. The number of Topliss-reactive ketones (excluding diaryl/α,β-unsaturated/α-hetero) is 1. The Hall–Kier alpha value is -1.78. The van der Waals surface area contributed by atoms with Gasteiger partial charge in [0.05, 0.1) is 4.92 Å². The van der Waals surface area contributed by atoms with Gasteiger partial charge in [-0.15, -0.1) is 0 Å². The number of benzene rings is 1. The molecule has 0 N–H and O–H groups in total. The molecule has 0 aliphatic heterocycles. The topological polar surface area (TPSA) is 60.2 Å². The van der Waals surface area contributed by atoms with Crippen LogP contribution in [-0.4, -0.2) is 10.7 Å². The van der Waals surface area contributed by atoms with Crippen LogP contribution in [0, 0.1) is 15.9 Å². The molecule has 0 amide bonds. The van der Waals surface area contributed by atoms with E-state index in [1.165, 1.54) is 0 Å². The molecule has 0 heterocycles. The zero-order chi connectivity index (χ0) is 12.8. The second-order valence-corrected chi connectivity index (χ2v) is 3.82. The molecule has 0 atom stereocenters. The van der Waals surface area contributed by atoms with Crippen molar-refractivity contribution in [1.29, 1.82) is 0 Å². The number of hydrogen-bond donors (Lipinski definition) is 0. The summed E-state index contributed by atoms with van der Waals surface area (Å²) in [5, 5.41) is 10.7. The molecule has 1 aromatic rings. The summed E-state index contributed by atoms with van der Waals surface area (Å²) in [4.78, 5) is 21.5. The molecule has 92 valence electrons. The van der Waals surface area contributed by atoms with Crippen molar-refractivity contribution in [2.75, 3.05) is 0 Å². The molecule has 17 heavy (non-hydrogen) atoms. The molecule has 5 heteroatoms. The number of rotatable bonds is 6. The van der Waals surface area contributed by atoms with Crippen LogP contribution in [0.3, 0.4) is 0 Å². The molecule has 0 unspecified atom stereocenters. The van der Waals surface area contributed by atoms with Gasteiger partial charge >= 0.3 is 0 Å². The van der Waals surface area contributed by atoms with Crippen LogP contribution in [0.5, 0.6) is 0 Å². The van der Waals surface area contributed by atoms with Crippen molar-refractivity contribution in [3.05, 3.63) is 39.7 Å². The van der Waals surface area contributed by atoms with Crippen LogP contribution in [-0.2, 0) is 11.2 Å². The van der Waals surface area contributed by atoms with Crippen LogP contribution < -0.4 is 0 Å². The van der Waals surface area contributed by atoms with Crippen molar-refractivity contribution in [2.24, 2.45) is 0 Å². The molecule has 0 fully saturated rings. The third-order valence-corrected chi connectivity index (χ3v) is 2.44. The van der Waals surface area contributed by atoms with Crippen LogP contribution in [0.4, 0.5) is 10.1 Å². The van der Waals surface area contributed by atoms with E-state index in [2.05, 4.69) is 0 Å². The zero-order valence-electron chi connectivity index (χ0n) is 9.61. The van der Waals surface area contributed by atoms with E-state index >= 15 is 0 Å². The highest BCUT2D eigenvalue weighted by Crippen LogP contribution is 2.21. The SMILES string of the molecule is CCCC(=O)CCc1cc(F)ccc1[N+](=O)[O-]. The van der Waals surface area contributed by atoms with Gasteiger partial charge in [0.25, 0.3) is 5.69 Å². The summed E-state index contributed by atoms with van der Waals surface area (Å²) in [6, 6.07) is 3.31. The van der Waals surface area contributed by atoms with Crippen LogP contribution >= 0.6 is 0 Å². The number of nitro groups is 1. The van der Waals surface area contributed by atoms with Crippen molar-refractivity contribution >= 4 is 11.5 Å². The molecule has 0 bridgehead atoms. The maximum atomic E-state index is 13.0. The summed E-state index contributed by atoms with van der Waals surface area (Å²) < 4.78 is 13.0. The lowest BCUT2D eigenvalue weighted by Crippen LogP contribution is -2.02. The molecule has 4 nitrogen and oxygen atoms in total. The Morgan fingerprint density at radius 3 is 2.71 bits per heavy atom. The Balaban J connectivity index is 2.78. The number of carbonyl (C=O) groups excluding carboxylic acids is 1. The highest BCUT2D eigenvalue weighted by atomic mass is 19.1. The molecular weight excluding hydrogens is 225 g/mol. The lowest BCUT2D eigenvalue weighted by Gasteiger charge is -2.02. The minimum atomic E-state index is -0.556. The van der Waals surface area contributed by atoms with E-state index < -0.39 is 10.7 Å². The monoisotopic (exact) mass is 239 g/mol. The van der Waals surface area contributed by atoms with Gasteiger partial charge < -0.3 is 0 Å². The number of nitrogens with zero attached hydrogens (tertiary/aromatic N) is 1. The lowest BCUT2D eigenvalue weighted by atomic mass is 10.0. The first-order valence-electron chi connectivity index (χ1n) is 5.49. The number of nitro benzene ring substituents is 1. The van der Waals surface area contributed by atoms with E-state index in [-0.39, 0.29) is 29.9 Å². The molecule has 1 rings (SSSR count). The lowest BCUT2D eigenvalue weighted by molar-refractivity contribution is -0.385. The van der Waals surface area contributed by atoms with E-state index in [9.17, 15) is 19.3 Å². The average molecular weight is 239 g/mol. The summed E-state index contributed by atoms with van der Waals surface area (Å²) in [6.07, 6.45) is 1.65. The van der Waals surface area contributed by atoms with Crippen molar-refractivity contribution in [2.45, 2.75) is 32.6 Å². The average Bonchev–Trinajstić information content (AvgIpc) is 2.26. The molecule has 0 saturated carbocycles. The molecule has 0 aliphatic rings. The second kappa shape index (κ2) is 6.08. The first kappa shape index (κ1) is 13.3. The Kier molecular flexibility index (Phi) is 4.75. The van der Waals surface area contributed by atoms with E-state index in [1.54, 1.807) is 0 Å². The van der Waals surface area contributed by atoms with Gasteiger partial charge in [-0.1, -0.05) is 6.92 Å². The van der Waals surface area contributed by atoms with Gasteiger partial charge in [-0.2, -0.15) is 0 Å². The third kappa shape index (κ3) is 3.94. The Bertz CT molecular complexity index is 432. The number of ketones is 1. The minimum Gasteiger partial charge on any atom is -0.300 e. The summed E-state index contributed by atoms with van der Waals surface area (Å²) in [7, 11) is 0. The van der Waals surface area contributed by atoms with Gasteiger partial charge in [0.2, 0.25) is 0 Å². The number of carbonyl (C=O) groups is 1. The molecule has 0 radical (unpaired) electrons. The Labute approximate surface area is 98.6 Å². The van der Waals surface area contributed by atoms with Crippen molar-refractivity contribution in [3.8, 4) is 0 Å². The first-order chi connectivity index (χ1) is 8.04. The maximum Gasteiger partial charge on any atom is 0.272 e. The predicted molar refractivity (Wildman–Crippen MR) is 61.3 cm³/mol. The molecule has 1 aromatic carbocycles. The molecule has 0 aromatic heterocycles. The van der Waals surface area contributed by atoms with Crippen LogP contribution in [0.25, 0.3) is 0 Å². The quantitative estimate of drug-likeness (QED) is 0.566. The molecule has 0 spiro atoms. The fourth-order valence-corrected chi connectivity index (χ4v) is 1.61. The fraction of sp³-hybridized carbons (Fsp3) is 0.417. The van der Waals surface area contributed by atoms with Crippen molar-refractivity contribution in [1.82, 2.24) is 0 Å². The zero-order valence-corrected chi connectivity index (χ0v) is 9.61. The predicted octanol–water partition coefficient (Wildman–Crippen LogP) is 3.04. The molecular formula is C12H14FNO3. The van der Waals surface area contributed by atoms with E-state index in [4.69, 9.17) is 0 Å². The highest BCUT2D eigenvalue weighted by Gasteiger charge is 2.15. The van der Waals surface area contributed by atoms with Crippen molar-refractivity contribution < 1.29 is 14.1 Å². The smallest absolute Gasteiger partial charge is 0.272 e. The normalized spacial score (nSPS) is 10.2. The Morgan fingerprint density at radius 2 is 2.12 bits per heavy atom. The number of hydrogen-bond acceptors (Lipinski definition) is 3. The van der Waals surface area contributed by atoms with Gasteiger partial charge in [0.1, 0.15) is 11.6 Å². The highest BCUT2D eigenvalue weighted by molar-refractivity contribution is 5.78. The minimum absolute atomic E-state index is 0.0473. The van der Waals surface area contributed by atoms with Crippen molar-refractivity contribution in [3.63, 3.8) is 0 Å². The summed E-state index contributed by atoms with van der Waals surface area (Å²) in [6.45, 7) is 1.89. The molecule has 0 saturated heterocycles. The van der Waals surface area contributed by atoms with Gasteiger partial charge in [-0.05, 0) is 25.0 Å². The first-order valence-corrected chi connectivity index (χ1v) is 5.49. The largest absolute Gasteiger partial charge is 0.300 e. The van der Waals surface area contributed by atoms with Gasteiger partial charge in [-0.3, -0.25) is 14.9 Å². The van der Waals surface area contributed by atoms with Crippen LogP contribution in [0.15, 0.2) is 18.2 Å².